The fraction of sp³-hybridized carbons (Fsp3) is 0.300. The smallest absolute Gasteiger partial charge is 0.225 e. The van der Waals surface area contributed by atoms with Crippen molar-refractivity contribution >= 4 is 11.8 Å². The summed E-state index contributed by atoms with van der Waals surface area (Å²) >= 11 is 0. The van der Waals surface area contributed by atoms with Crippen LogP contribution in [0, 0.1) is 5.82 Å². The SMILES string of the molecule is COc1ccccc1CC(=O)NC1CC(=O)N(Cc2ccc(F)cc2)C1. The first-order valence-corrected chi connectivity index (χ1v) is 8.48. The van der Waals surface area contributed by atoms with Gasteiger partial charge in [0.2, 0.25) is 11.8 Å². The molecule has 5 nitrogen and oxygen atoms in total. The number of halogens is 1. The minimum atomic E-state index is -0.303. The van der Waals surface area contributed by atoms with Gasteiger partial charge in [-0.05, 0) is 23.8 Å². The second-order valence-electron chi connectivity index (χ2n) is 6.36. The Morgan fingerprint density at radius 1 is 1.23 bits per heavy atom. The third-order valence-corrected chi connectivity index (χ3v) is 4.41. The zero-order chi connectivity index (χ0) is 18.5. The molecule has 2 aromatic carbocycles. The van der Waals surface area contributed by atoms with E-state index in [1.807, 2.05) is 24.3 Å². The maximum absolute atomic E-state index is 13.0. The molecule has 0 bridgehead atoms. The van der Waals surface area contributed by atoms with E-state index in [1.165, 1.54) is 12.1 Å². The Balaban J connectivity index is 1.55. The molecule has 26 heavy (non-hydrogen) atoms. The summed E-state index contributed by atoms with van der Waals surface area (Å²) in [5, 5.41) is 2.92. The molecular formula is C20H21FN2O3. The van der Waals surface area contributed by atoms with Crippen molar-refractivity contribution in [2.24, 2.45) is 0 Å². The van der Waals surface area contributed by atoms with Crippen LogP contribution in [0.1, 0.15) is 17.5 Å². The Morgan fingerprint density at radius 3 is 2.69 bits per heavy atom. The van der Waals surface area contributed by atoms with Crippen LogP contribution in [0.3, 0.4) is 0 Å². The van der Waals surface area contributed by atoms with Gasteiger partial charge in [-0.3, -0.25) is 9.59 Å². The lowest BCUT2D eigenvalue weighted by atomic mass is 10.1. The Labute approximate surface area is 151 Å². The fourth-order valence-corrected chi connectivity index (χ4v) is 3.13. The second kappa shape index (κ2) is 7.99. The molecule has 1 fully saturated rings. The molecule has 2 amide bonds. The van der Waals surface area contributed by atoms with Crippen molar-refractivity contribution < 1.29 is 18.7 Å². The molecule has 0 radical (unpaired) electrons. The first-order valence-electron chi connectivity index (χ1n) is 8.48. The van der Waals surface area contributed by atoms with E-state index >= 15 is 0 Å². The lowest BCUT2D eigenvalue weighted by Crippen LogP contribution is -2.37. The van der Waals surface area contributed by atoms with Gasteiger partial charge < -0.3 is 15.0 Å². The number of amides is 2. The van der Waals surface area contributed by atoms with Crippen LogP contribution in [0.2, 0.25) is 0 Å². The number of para-hydroxylation sites is 1. The number of nitrogens with zero attached hydrogens (tertiary/aromatic N) is 1. The molecule has 1 aliphatic heterocycles. The van der Waals surface area contributed by atoms with Crippen molar-refractivity contribution in [1.29, 1.82) is 0 Å². The third-order valence-electron chi connectivity index (χ3n) is 4.41. The number of ether oxygens (including phenoxy) is 1. The van der Waals surface area contributed by atoms with Gasteiger partial charge in [0.1, 0.15) is 11.6 Å². The van der Waals surface area contributed by atoms with Crippen LogP contribution in [-0.4, -0.2) is 36.4 Å². The first-order chi connectivity index (χ1) is 12.5. The van der Waals surface area contributed by atoms with Gasteiger partial charge in [-0.25, -0.2) is 4.39 Å². The largest absolute Gasteiger partial charge is 0.496 e. The van der Waals surface area contributed by atoms with E-state index in [0.717, 1.165) is 11.1 Å². The highest BCUT2D eigenvalue weighted by Gasteiger charge is 2.30. The summed E-state index contributed by atoms with van der Waals surface area (Å²) in [7, 11) is 1.57. The summed E-state index contributed by atoms with van der Waals surface area (Å²) in [5.74, 6) is 0.207. The van der Waals surface area contributed by atoms with Gasteiger partial charge in [0.25, 0.3) is 0 Å². The first kappa shape index (κ1) is 17.9. The molecule has 0 aliphatic carbocycles. The Hall–Kier alpha value is -2.89. The Morgan fingerprint density at radius 2 is 1.96 bits per heavy atom. The van der Waals surface area contributed by atoms with Crippen LogP contribution in [0.5, 0.6) is 5.75 Å². The van der Waals surface area contributed by atoms with Crippen LogP contribution in [-0.2, 0) is 22.6 Å². The predicted octanol–water partition coefficient (Wildman–Crippen LogP) is 2.29. The number of carbonyl (C=O) groups excluding carboxylic acids is 2. The molecule has 136 valence electrons. The molecular weight excluding hydrogens is 335 g/mol. The Kier molecular flexibility index (Phi) is 5.51. The van der Waals surface area contributed by atoms with Crippen molar-refractivity contribution in [2.75, 3.05) is 13.7 Å². The molecule has 0 saturated carbocycles. The van der Waals surface area contributed by atoms with Crippen molar-refractivity contribution in [2.45, 2.75) is 25.4 Å². The highest BCUT2D eigenvalue weighted by Crippen LogP contribution is 2.19. The fourth-order valence-electron chi connectivity index (χ4n) is 3.13. The standard InChI is InChI=1S/C20H21FN2O3/c1-26-18-5-3-2-4-15(18)10-19(24)22-17-11-20(25)23(13-17)12-14-6-8-16(21)9-7-14/h2-9,17H,10-13H2,1H3,(H,22,24). The summed E-state index contributed by atoms with van der Waals surface area (Å²) in [4.78, 5) is 26.2. The average molecular weight is 356 g/mol. The number of hydrogen-bond donors (Lipinski definition) is 1. The second-order valence-corrected chi connectivity index (χ2v) is 6.36. The van der Waals surface area contributed by atoms with E-state index in [4.69, 9.17) is 4.74 Å². The number of rotatable bonds is 6. The Bertz CT molecular complexity index is 792. The molecule has 1 N–H and O–H groups in total. The van der Waals surface area contributed by atoms with Gasteiger partial charge in [-0.15, -0.1) is 0 Å². The van der Waals surface area contributed by atoms with Gasteiger partial charge in [-0.1, -0.05) is 30.3 Å². The molecule has 1 unspecified atom stereocenters. The monoisotopic (exact) mass is 356 g/mol. The normalized spacial score (nSPS) is 16.6. The number of hydrogen-bond acceptors (Lipinski definition) is 3. The molecule has 0 spiro atoms. The maximum atomic E-state index is 13.0. The molecule has 1 aliphatic rings. The van der Waals surface area contributed by atoms with Gasteiger partial charge in [0.05, 0.1) is 19.6 Å². The number of methoxy groups -OCH3 is 1. The number of carbonyl (C=O) groups is 2. The van der Waals surface area contributed by atoms with E-state index < -0.39 is 0 Å². The molecule has 1 heterocycles. The number of benzene rings is 2. The molecule has 3 rings (SSSR count). The molecule has 6 heteroatoms. The third kappa shape index (κ3) is 4.39. The summed E-state index contributed by atoms with van der Waals surface area (Å²) in [6.07, 6.45) is 0.478. The predicted molar refractivity (Wildman–Crippen MR) is 95.1 cm³/mol. The highest BCUT2D eigenvalue weighted by molar-refractivity contribution is 5.83. The maximum Gasteiger partial charge on any atom is 0.225 e. The molecule has 2 aromatic rings. The topological polar surface area (TPSA) is 58.6 Å². The van der Waals surface area contributed by atoms with Crippen molar-refractivity contribution in [3.8, 4) is 5.75 Å². The minimum Gasteiger partial charge on any atom is -0.496 e. The lowest BCUT2D eigenvalue weighted by molar-refractivity contribution is -0.128. The number of nitrogens with one attached hydrogen (secondary N) is 1. The van der Waals surface area contributed by atoms with E-state index in [2.05, 4.69) is 5.32 Å². The van der Waals surface area contributed by atoms with Crippen molar-refractivity contribution in [3.05, 3.63) is 65.5 Å². The van der Waals surface area contributed by atoms with Gasteiger partial charge in [0.15, 0.2) is 0 Å². The number of likely N-dealkylation sites (tertiary alicyclic amines) is 1. The van der Waals surface area contributed by atoms with E-state index in [-0.39, 0.29) is 36.5 Å². The molecule has 1 atom stereocenters. The summed E-state index contributed by atoms with van der Waals surface area (Å²) in [6, 6.07) is 13.2. The van der Waals surface area contributed by atoms with Gasteiger partial charge in [-0.2, -0.15) is 0 Å². The van der Waals surface area contributed by atoms with E-state index in [9.17, 15) is 14.0 Å². The highest BCUT2D eigenvalue weighted by atomic mass is 19.1. The van der Waals surface area contributed by atoms with Crippen molar-refractivity contribution in [1.82, 2.24) is 10.2 Å². The van der Waals surface area contributed by atoms with E-state index in [0.29, 0.717) is 18.8 Å². The van der Waals surface area contributed by atoms with Crippen LogP contribution < -0.4 is 10.1 Å². The molecule has 0 aromatic heterocycles. The van der Waals surface area contributed by atoms with Gasteiger partial charge >= 0.3 is 0 Å². The van der Waals surface area contributed by atoms with Crippen molar-refractivity contribution in [3.63, 3.8) is 0 Å². The quantitative estimate of drug-likeness (QED) is 0.864. The summed E-state index contributed by atoms with van der Waals surface area (Å²) < 4.78 is 18.2. The van der Waals surface area contributed by atoms with Crippen LogP contribution in [0.25, 0.3) is 0 Å². The minimum absolute atomic E-state index is 0.0167. The molecule has 1 saturated heterocycles. The zero-order valence-corrected chi connectivity index (χ0v) is 14.6. The van der Waals surface area contributed by atoms with Gasteiger partial charge in [0, 0.05) is 25.1 Å². The van der Waals surface area contributed by atoms with Crippen LogP contribution >= 0.6 is 0 Å². The van der Waals surface area contributed by atoms with Crippen LogP contribution in [0.15, 0.2) is 48.5 Å². The summed E-state index contributed by atoms with van der Waals surface area (Å²) in [6.45, 7) is 0.867. The average Bonchev–Trinajstić information content (AvgIpc) is 2.96. The van der Waals surface area contributed by atoms with Crippen LogP contribution in [0.4, 0.5) is 4.39 Å². The lowest BCUT2D eigenvalue weighted by Gasteiger charge is -2.17. The summed E-state index contributed by atoms with van der Waals surface area (Å²) in [5.41, 5.74) is 1.67. The zero-order valence-electron chi connectivity index (χ0n) is 14.6. The van der Waals surface area contributed by atoms with E-state index in [1.54, 1.807) is 24.1 Å².